The highest BCUT2D eigenvalue weighted by Gasteiger charge is 2.13. The highest BCUT2D eigenvalue weighted by Crippen LogP contribution is 2.33. The van der Waals surface area contributed by atoms with Crippen LogP contribution < -0.4 is 5.32 Å². The Hall–Kier alpha value is -1.45. The number of halogens is 3. The van der Waals surface area contributed by atoms with E-state index in [-0.39, 0.29) is 11.8 Å². The molecule has 0 aliphatic heterocycles. The van der Waals surface area contributed by atoms with Gasteiger partial charge >= 0.3 is 0 Å². The van der Waals surface area contributed by atoms with Gasteiger partial charge in [-0.05, 0) is 49.7 Å². The molecule has 0 saturated heterocycles. The van der Waals surface area contributed by atoms with E-state index in [2.05, 4.69) is 5.32 Å². The van der Waals surface area contributed by atoms with E-state index < -0.39 is 5.82 Å². The van der Waals surface area contributed by atoms with E-state index >= 15 is 0 Å². The normalized spacial score (nSPS) is 12.2. The van der Waals surface area contributed by atoms with E-state index in [1.54, 1.807) is 19.1 Å². The molecule has 2 rings (SSSR count). The third-order valence-electron chi connectivity index (χ3n) is 3.08. The minimum absolute atomic E-state index is 0.0285. The van der Waals surface area contributed by atoms with E-state index in [0.29, 0.717) is 21.3 Å². The van der Waals surface area contributed by atoms with E-state index in [1.165, 1.54) is 18.2 Å². The third-order valence-corrected chi connectivity index (χ3v) is 3.80. The molecule has 0 fully saturated rings. The topological polar surface area (TPSA) is 32.3 Å². The molecule has 0 spiro atoms. The maximum absolute atomic E-state index is 13.3. The SMILES string of the molecule is Cc1cc(Cl)c(NC(C)c2cc(F)ccc2O)cc1Cl. The third kappa shape index (κ3) is 3.17. The van der Waals surface area contributed by atoms with Crippen molar-refractivity contribution >= 4 is 28.9 Å². The van der Waals surface area contributed by atoms with Crippen molar-refractivity contribution in [3.8, 4) is 5.75 Å². The molecule has 1 unspecified atom stereocenters. The van der Waals surface area contributed by atoms with Gasteiger partial charge in [0, 0.05) is 10.6 Å². The minimum atomic E-state index is -0.403. The summed E-state index contributed by atoms with van der Waals surface area (Å²) in [4.78, 5) is 0. The molecule has 106 valence electrons. The second-order valence-corrected chi connectivity index (χ2v) is 5.46. The zero-order chi connectivity index (χ0) is 14.9. The van der Waals surface area contributed by atoms with Crippen molar-refractivity contribution in [2.75, 3.05) is 5.32 Å². The average molecular weight is 314 g/mol. The summed E-state index contributed by atoms with van der Waals surface area (Å²) in [6.07, 6.45) is 0. The summed E-state index contributed by atoms with van der Waals surface area (Å²) in [6, 6.07) is 6.98. The standard InChI is InChI=1S/C15H14Cl2FNO/c1-8-5-13(17)14(7-12(8)16)19-9(2)11-6-10(18)3-4-15(11)20/h3-7,9,19-20H,1-2H3. The fourth-order valence-electron chi connectivity index (χ4n) is 1.94. The Morgan fingerprint density at radius 2 is 1.85 bits per heavy atom. The van der Waals surface area contributed by atoms with Crippen molar-refractivity contribution in [3.05, 3.63) is 57.3 Å². The number of aromatic hydroxyl groups is 1. The lowest BCUT2D eigenvalue weighted by molar-refractivity contribution is 0.462. The fraction of sp³-hybridized carbons (Fsp3) is 0.200. The number of aryl methyl sites for hydroxylation is 1. The summed E-state index contributed by atoms with van der Waals surface area (Å²) in [5.41, 5.74) is 1.97. The Morgan fingerprint density at radius 3 is 2.55 bits per heavy atom. The predicted molar refractivity (Wildman–Crippen MR) is 81.3 cm³/mol. The number of hydrogen-bond acceptors (Lipinski definition) is 2. The van der Waals surface area contributed by atoms with Crippen molar-refractivity contribution in [2.45, 2.75) is 19.9 Å². The van der Waals surface area contributed by atoms with Gasteiger partial charge < -0.3 is 10.4 Å². The Bertz CT molecular complexity index is 646. The number of anilines is 1. The molecule has 0 amide bonds. The quantitative estimate of drug-likeness (QED) is 0.803. The summed E-state index contributed by atoms with van der Waals surface area (Å²) in [5, 5.41) is 14.0. The van der Waals surface area contributed by atoms with Gasteiger partial charge in [-0.2, -0.15) is 0 Å². The van der Waals surface area contributed by atoms with Gasteiger partial charge in [-0.1, -0.05) is 23.2 Å². The van der Waals surface area contributed by atoms with E-state index in [9.17, 15) is 9.50 Å². The van der Waals surface area contributed by atoms with Gasteiger partial charge in [0.1, 0.15) is 11.6 Å². The van der Waals surface area contributed by atoms with Crippen LogP contribution in [0.3, 0.4) is 0 Å². The van der Waals surface area contributed by atoms with Gasteiger partial charge in [0.15, 0.2) is 0 Å². The van der Waals surface area contributed by atoms with Gasteiger partial charge in [0.2, 0.25) is 0 Å². The van der Waals surface area contributed by atoms with Crippen LogP contribution in [0.4, 0.5) is 10.1 Å². The number of nitrogens with one attached hydrogen (secondary N) is 1. The molecule has 0 aliphatic carbocycles. The lowest BCUT2D eigenvalue weighted by Crippen LogP contribution is -2.08. The van der Waals surface area contributed by atoms with Gasteiger partial charge in [-0.25, -0.2) is 4.39 Å². The molecule has 0 heterocycles. The van der Waals surface area contributed by atoms with E-state index in [0.717, 1.165) is 5.56 Å². The average Bonchev–Trinajstić information content (AvgIpc) is 2.38. The van der Waals surface area contributed by atoms with Gasteiger partial charge in [0.05, 0.1) is 16.8 Å². The maximum atomic E-state index is 13.3. The Balaban J connectivity index is 2.30. The van der Waals surface area contributed by atoms with Crippen molar-refractivity contribution in [1.29, 1.82) is 0 Å². The van der Waals surface area contributed by atoms with Crippen LogP contribution in [0.1, 0.15) is 24.1 Å². The first kappa shape index (κ1) is 14.9. The first-order valence-electron chi connectivity index (χ1n) is 6.09. The lowest BCUT2D eigenvalue weighted by atomic mass is 10.1. The van der Waals surface area contributed by atoms with Crippen molar-refractivity contribution in [1.82, 2.24) is 0 Å². The molecule has 0 saturated carbocycles. The summed E-state index contributed by atoms with van der Waals surface area (Å²) >= 11 is 12.2. The number of benzene rings is 2. The molecular weight excluding hydrogens is 300 g/mol. The Morgan fingerprint density at radius 1 is 1.15 bits per heavy atom. The lowest BCUT2D eigenvalue weighted by Gasteiger charge is -2.18. The number of phenolic OH excluding ortho intramolecular Hbond substituents is 1. The molecule has 2 N–H and O–H groups in total. The molecule has 0 bridgehead atoms. The van der Waals surface area contributed by atoms with Crippen LogP contribution >= 0.6 is 23.2 Å². The predicted octanol–water partition coefficient (Wildman–Crippen LogP) is 5.32. The molecule has 2 aromatic carbocycles. The Kier molecular flexibility index (Phi) is 4.41. The summed E-state index contributed by atoms with van der Waals surface area (Å²) in [7, 11) is 0. The molecule has 2 aromatic rings. The monoisotopic (exact) mass is 313 g/mol. The molecule has 2 nitrogen and oxygen atoms in total. The van der Waals surface area contributed by atoms with Crippen LogP contribution in [0.15, 0.2) is 30.3 Å². The largest absolute Gasteiger partial charge is 0.508 e. The molecule has 0 aromatic heterocycles. The van der Waals surface area contributed by atoms with E-state index in [1.807, 2.05) is 6.92 Å². The zero-order valence-corrected chi connectivity index (χ0v) is 12.6. The van der Waals surface area contributed by atoms with Gasteiger partial charge in [-0.15, -0.1) is 0 Å². The first-order valence-corrected chi connectivity index (χ1v) is 6.84. The van der Waals surface area contributed by atoms with Crippen LogP contribution in [-0.4, -0.2) is 5.11 Å². The van der Waals surface area contributed by atoms with Crippen LogP contribution in [0, 0.1) is 12.7 Å². The van der Waals surface area contributed by atoms with Crippen molar-refractivity contribution in [2.24, 2.45) is 0 Å². The zero-order valence-electron chi connectivity index (χ0n) is 11.0. The summed E-state index contributed by atoms with van der Waals surface area (Å²) in [5.74, 6) is -0.375. The number of phenols is 1. The molecule has 5 heteroatoms. The summed E-state index contributed by atoms with van der Waals surface area (Å²) < 4.78 is 13.3. The highest BCUT2D eigenvalue weighted by atomic mass is 35.5. The van der Waals surface area contributed by atoms with Gasteiger partial charge in [-0.3, -0.25) is 0 Å². The number of rotatable bonds is 3. The maximum Gasteiger partial charge on any atom is 0.123 e. The smallest absolute Gasteiger partial charge is 0.123 e. The van der Waals surface area contributed by atoms with Crippen LogP contribution in [-0.2, 0) is 0 Å². The molecule has 0 aliphatic rings. The highest BCUT2D eigenvalue weighted by molar-refractivity contribution is 6.35. The fourth-order valence-corrected chi connectivity index (χ4v) is 2.38. The second kappa shape index (κ2) is 5.90. The molecular formula is C15H14Cl2FNO. The molecule has 20 heavy (non-hydrogen) atoms. The minimum Gasteiger partial charge on any atom is -0.508 e. The molecule has 1 atom stereocenters. The number of hydrogen-bond donors (Lipinski definition) is 2. The van der Waals surface area contributed by atoms with Gasteiger partial charge in [0.25, 0.3) is 0 Å². The van der Waals surface area contributed by atoms with Crippen molar-refractivity contribution in [3.63, 3.8) is 0 Å². The first-order chi connectivity index (χ1) is 9.38. The van der Waals surface area contributed by atoms with E-state index in [4.69, 9.17) is 23.2 Å². The molecule has 0 radical (unpaired) electrons. The van der Waals surface area contributed by atoms with Crippen molar-refractivity contribution < 1.29 is 9.50 Å². The van der Waals surface area contributed by atoms with Crippen LogP contribution in [0.25, 0.3) is 0 Å². The Labute approximate surface area is 127 Å². The van der Waals surface area contributed by atoms with Crippen LogP contribution in [0.5, 0.6) is 5.75 Å². The second-order valence-electron chi connectivity index (χ2n) is 4.65. The summed E-state index contributed by atoms with van der Waals surface area (Å²) in [6.45, 7) is 3.67. The van der Waals surface area contributed by atoms with Crippen LogP contribution in [0.2, 0.25) is 10.0 Å².